The Bertz CT molecular complexity index is 2030. The van der Waals surface area contributed by atoms with Crippen molar-refractivity contribution in [2.45, 2.75) is 142 Å². The second-order valence-corrected chi connectivity index (χ2v) is 18.1. The molecule has 4 saturated heterocycles. The van der Waals surface area contributed by atoms with Crippen molar-refractivity contribution >= 4 is 5.91 Å². The van der Waals surface area contributed by atoms with E-state index in [0.717, 1.165) is 28.7 Å². The molecule has 12 heteroatoms. The van der Waals surface area contributed by atoms with Gasteiger partial charge in [-0.2, -0.15) is 0 Å². The molecule has 1 N–H and O–H groups in total. The lowest BCUT2D eigenvalue weighted by molar-refractivity contribution is -0.393. The van der Waals surface area contributed by atoms with Gasteiger partial charge in [0.2, 0.25) is 5.91 Å². The van der Waals surface area contributed by atoms with Gasteiger partial charge in [-0.3, -0.25) is 4.79 Å². The molecule has 12 nitrogen and oxygen atoms in total. The van der Waals surface area contributed by atoms with Gasteiger partial charge in [0.15, 0.2) is 25.2 Å². The van der Waals surface area contributed by atoms with E-state index >= 15 is 0 Å². The van der Waals surface area contributed by atoms with Crippen molar-refractivity contribution in [1.29, 1.82) is 0 Å². The predicted molar refractivity (Wildman–Crippen MR) is 243 cm³/mol. The number of amides is 1. The molecular formula is C53H67NO11. The second kappa shape index (κ2) is 22.6. The third-order valence-corrected chi connectivity index (χ3v) is 13.6. The number of carbonyl (C=O) groups excluding carboxylic acids is 1. The van der Waals surface area contributed by atoms with E-state index in [1.807, 2.05) is 121 Å². The Hall–Kier alpha value is -4.05. The summed E-state index contributed by atoms with van der Waals surface area (Å²) in [6, 6.07) is 38.9. The van der Waals surface area contributed by atoms with Crippen LogP contribution in [0.25, 0.3) is 0 Å². The first-order valence-electron chi connectivity index (χ1n) is 23.5. The highest BCUT2D eigenvalue weighted by atomic mass is 16.8. The van der Waals surface area contributed by atoms with Crippen LogP contribution in [0.15, 0.2) is 121 Å². The highest BCUT2D eigenvalue weighted by Crippen LogP contribution is 2.43. The van der Waals surface area contributed by atoms with Gasteiger partial charge in [-0.05, 0) is 34.9 Å². The van der Waals surface area contributed by atoms with Crippen LogP contribution in [0.4, 0.5) is 0 Å². The maximum atomic E-state index is 13.1. The fourth-order valence-electron chi connectivity index (χ4n) is 9.58. The van der Waals surface area contributed by atoms with E-state index in [0.29, 0.717) is 18.4 Å². The Morgan fingerprint density at radius 2 is 1.14 bits per heavy atom. The Morgan fingerprint density at radius 3 is 1.75 bits per heavy atom. The third-order valence-electron chi connectivity index (χ3n) is 13.6. The zero-order chi connectivity index (χ0) is 45.3. The number of hydrogen-bond acceptors (Lipinski definition) is 11. The monoisotopic (exact) mass is 893 g/mol. The van der Waals surface area contributed by atoms with Crippen molar-refractivity contribution in [3.05, 3.63) is 144 Å². The fourth-order valence-corrected chi connectivity index (χ4v) is 9.58. The molecule has 4 heterocycles. The smallest absolute Gasteiger partial charge is 0.217 e. The fraction of sp³-hybridized carbons (Fsp3) is 0.528. The highest BCUT2D eigenvalue weighted by Gasteiger charge is 2.55. The van der Waals surface area contributed by atoms with E-state index in [4.69, 9.17) is 47.4 Å². The quantitative estimate of drug-likeness (QED) is 0.110. The molecule has 4 fully saturated rings. The van der Waals surface area contributed by atoms with Gasteiger partial charge in [0.05, 0.1) is 45.2 Å². The number of rotatable bonds is 17. The van der Waals surface area contributed by atoms with Gasteiger partial charge in [0.1, 0.15) is 36.6 Å². The summed E-state index contributed by atoms with van der Waals surface area (Å²) in [7, 11) is 0. The zero-order valence-electron chi connectivity index (χ0n) is 38.5. The first-order valence-corrected chi connectivity index (χ1v) is 23.5. The van der Waals surface area contributed by atoms with Crippen LogP contribution in [0.1, 0.15) is 76.5 Å². The van der Waals surface area contributed by atoms with Crippen LogP contribution in [-0.4, -0.2) is 86.8 Å². The molecule has 4 aromatic rings. The van der Waals surface area contributed by atoms with E-state index in [9.17, 15) is 4.79 Å². The first-order chi connectivity index (χ1) is 31.7. The minimum atomic E-state index is -0.925. The van der Waals surface area contributed by atoms with Crippen molar-refractivity contribution < 1.29 is 52.2 Å². The summed E-state index contributed by atoms with van der Waals surface area (Å²) in [5, 5.41) is 3.13. The number of hydrogen-bond donors (Lipinski definition) is 1. The van der Waals surface area contributed by atoms with Crippen LogP contribution in [0.2, 0.25) is 0 Å². The molecule has 8 rings (SSSR count). The van der Waals surface area contributed by atoms with Crippen LogP contribution in [-0.2, 0) is 72.0 Å². The maximum absolute atomic E-state index is 13.1. The van der Waals surface area contributed by atoms with E-state index in [1.165, 1.54) is 6.92 Å². The van der Waals surface area contributed by atoms with Crippen molar-refractivity contribution in [2.75, 3.05) is 13.2 Å². The molecule has 4 aliphatic rings. The molecule has 0 aliphatic carbocycles. The number of fused-ring (bicyclic) bond motifs is 1. The van der Waals surface area contributed by atoms with Gasteiger partial charge in [-0.1, -0.05) is 156 Å². The molecule has 350 valence electrons. The van der Waals surface area contributed by atoms with E-state index in [1.54, 1.807) is 0 Å². The zero-order valence-corrected chi connectivity index (χ0v) is 38.5. The lowest BCUT2D eigenvalue weighted by atomic mass is 9.78. The lowest BCUT2D eigenvalue weighted by Gasteiger charge is -2.53. The maximum Gasteiger partial charge on any atom is 0.217 e. The first kappa shape index (κ1) is 47.4. The number of benzene rings is 4. The topological polar surface area (TPSA) is 121 Å². The number of carbonyl (C=O) groups is 1. The largest absolute Gasteiger partial charge is 0.374 e. The van der Waals surface area contributed by atoms with E-state index in [-0.39, 0.29) is 50.3 Å². The van der Waals surface area contributed by atoms with E-state index in [2.05, 4.69) is 39.9 Å². The molecule has 7 unspecified atom stereocenters. The van der Waals surface area contributed by atoms with Crippen LogP contribution >= 0.6 is 0 Å². The molecule has 4 aliphatic heterocycles. The minimum Gasteiger partial charge on any atom is -0.374 e. The molecular weight excluding hydrogens is 827 g/mol. The molecule has 1 amide bonds. The average molecular weight is 894 g/mol. The van der Waals surface area contributed by atoms with Gasteiger partial charge in [-0.15, -0.1) is 0 Å². The Labute approximate surface area is 384 Å². The van der Waals surface area contributed by atoms with Gasteiger partial charge >= 0.3 is 0 Å². The lowest BCUT2D eigenvalue weighted by Crippen LogP contribution is -2.68. The highest BCUT2D eigenvalue weighted by molar-refractivity contribution is 5.73. The summed E-state index contributed by atoms with van der Waals surface area (Å²) in [6.45, 7) is 13.7. The summed E-state index contributed by atoms with van der Waals surface area (Å²) in [6.07, 6.45) is -5.85. The molecule has 0 aromatic heterocycles. The molecule has 0 saturated carbocycles. The summed E-state index contributed by atoms with van der Waals surface area (Å²) < 4.78 is 68.2. The van der Waals surface area contributed by atoms with Gasteiger partial charge in [-0.25, -0.2) is 0 Å². The SMILES string of the molecule is CCC1O[C@@H](OC2[C@@H]3OC(c4ccccc4)OCC3O[C@H](O[C@H]3C(COCc4ccccc4)O[C@@H](OCc4ccccc4)C(NC(C)=O)[C@H]3OCc3ccccc3)[C@H]2C)C(C)[C@@H](C)[C@H]1C. The minimum absolute atomic E-state index is 0.0539. The molecule has 4 aromatic carbocycles. The van der Waals surface area contributed by atoms with Crippen LogP contribution in [0.3, 0.4) is 0 Å². The van der Waals surface area contributed by atoms with Crippen molar-refractivity contribution in [2.24, 2.45) is 23.7 Å². The van der Waals surface area contributed by atoms with Crippen molar-refractivity contribution in [3.63, 3.8) is 0 Å². The van der Waals surface area contributed by atoms with Gasteiger partial charge < -0.3 is 52.7 Å². The van der Waals surface area contributed by atoms with Crippen molar-refractivity contribution in [3.8, 4) is 0 Å². The van der Waals surface area contributed by atoms with Crippen LogP contribution in [0.5, 0.6) is 0 Å². The molecule has 0 radical (unpaired) electrons. The van der Waals surface area contributed by atoms with Crippen LogP contribution < -0.4 is 5.32 Å². The summed E-state index contributed by atoms with van der Waals surface area (Å²) >= 11 is 0. The van der Waals surface area contributed by atoms with E-state index < -0.39 is 67.8 Å². The Morgan fingerprint density at radius 1 is 0.585 bits per heavy atom. The third kappa shape index (κ3) is 11.7. The normalized spacial score (nSPS) is 34.9. The van der Waals surface area contributed by atoms with Gasteiger partial charge in [0.25, 0.3) is 0 Å². The summed E-state index contributed by atoms with van der Waals surface area (Å²) in [4.78, 5) is 13.1. The standard InChI is InChI=1S/C53H67NO11/c1-7-42-34(3)33(2)35(4)50(60-42)63-46-36(5)51(61-44-32-59-52(65-47(44)46)41-26-18-11-19-27-41)64-48-43(31-56-28-38-20-12-8-13-21-38)62-53(58-30-40-24-16-10-17-25-40)45(54-37(6)55)49(48)57-29-39-22-14-9-15-23-39/h8-27,33-36,42-53H,7,28-32H2,1-6H3,(H,54,55)/t33-,34+,35?,36-,42?,43?,44?,45?,46?,47+,48-,49+,50-,51+,52?,53+/m0/s1. The number of nitrogens with one attached hydrogen (secondary N) is 1. The molecule has 0 spiro atoms. The Kier molecular flexibility index (Phi) is 16.5. The Balaban J connectivity index is 1.13. The second-order valence-electron chi connectivity index (χ2n) is 18.1. The van der Waals surface area contributed by atoms with Gasteiger partial charge in [0, 0.05) is 24.3 Å². The van der Waals surface area contributed by atoms with Crippen LogP contribution in [0, 0.1) is 23.7 Å². The molecule has 0 bridgehead atoms. The molecule has 16 atom stereocenters. The summed E-state index contributed by atoms with van der Waals surface area (Å²) in [5.41, 5.74) is 3.84. The average Bonchev–Trinajstić information content (AvgIpc) is 3.33. The predicted octanol–water partition coefficient (Wildman–Crippen LogP) is 8.52. The number of ether oxygens (including phenoxy) is 10. The van der Waals surface area contributed by atoms with Crippen molar-refractivity contribution in [1.82, 2.24) is 5.32 Å². The summed E-state index contributed by atoms with van der Waals surface area (Å²) in [5.74, 6) is 0.209. The molecule has 65 heavy (non-hydrogen) atoms.